The minimum atomic E-state index is -0.212. The summed E-state index contributed by atoms with van der Waals surface area (Å²) < 4.78 is 1.67. The summed E-state index contributed by atoms with van der Waals surface area (Å²) in [6.07, 6.45) is 5.21. The monoisotopic (exact) mass is 374 g/mol. The van der Waals surface area contributed by atoms with Crippen LogP contribution in [0, 0.1) is 0 Å². The van der Waals surface area contributed by atoms with Gasteiger partial charge in [-0.1, -0.05) is 6.07 Å². The third-order valence-corrected chi connectivity index (χ3v) is 6.29. The molecule has 0 saturated carbocycles. The van der Waals surface area contributed by atoms with Crippen LogP contribution in [0.4, 0.5) is 5.69 Å². The van der Waals surface area contributed by atoms with Gasteiger partial charge in [0.2, 0.25) is 0 Å². The number of aromatic nitrogens is 2. The number of hydrogen-bond acceptors (Lipinski definition) is 6. The molecule has 6 nitrogen and oxygen atoms in total. The van der Waals surface area contributed by atoms with Crippen LogP contribution in [-0.2, 0) is 6.54 Å². The van der Waals surface area contributed by atoms with Crippen LogP contribution in [0.15, 0.2) is 34.6 Å². The first kappa shape index (κ1) is 17.7. The first-order chi connectivity index (χ1) is 12.7. The average Bonchev–Trinajstić information content (AvgIpc) is 3.15. The molecule has 2 aliphatic heterocycles. The number of hydrogen-bond donors (Lipinski definition) is 1. The summed E-state index contributed by atoms with van der Waals surface area (Å²) in [4.78, 5) is 18.6. The molecule has 2 aliphatic rings. The van der Waals surface area contributed by atoms with E-state index in [1.165, 1.54) is 4.88 Å². The van der Waals surface area contributed by atoms with Gasteiger partial charge in [0.05, 0.1) is 24.0 Å². The number of likely N-dealkylation sites (tertiary alicyclic amines) is 1. The molecular formula is C19H26N4O2S. The van der Waals surface area contributed by atoms with Gasteiger partial charge in [-0.2, -0.15) is 5.10 Å². The van der Waals surface area contributed by atoms with E-state index >= 15 is 0 Å². The van der Waals surface area contributed by atoms with Gasteiger partial charge in [-0.05, 0) is 43.7 Å². The molecule has 2 saturated heterocycles. The van der Waals surface area contributed by atoms with Crippen LogP contribution in [0.5, 0.6) is 0 Å². The molecule has 0 radical (unpaired) electrons. The quantitative estimate of drug-likeness (QED) is 0.888. The number of nitrogens with zero attached hydrogens (tertiary/aromatic N) is 4. The fourth-order valence-electron chi connectivity index (χ4n) is 3.98. The molecule has 0 aromatic carbocycles. The van der Waals surface area contributed by atoms with Gasteiger partial charge in [-0.15, -0.1) is 11.3 Å². The second-order valence-electron chi connectivity index (χ2n) is 7.33. The Morgan fingerprint density at radius 1 is 1.23 bits per heavy atom. The van der Waals surface area contributed by atoms with Gasteiger partial charge in [0.1, 0.15) is 0 Å². The molecule has 1 unspecified atom stereocenters. The van der Waals surface area contributed by atoms with Crippen LogP contribution in [0.1, 0.15) is 36.6 Å². The van der Waals surface area contributed by atoms with E-state index in [0.717, 1.165) is 64.1 Å². The molecule has 1 N–H and O–H groups in total. The zero-order valence-corrected chi connectivity index (χ0v) is 15.8. The van der Waals surface area contributed by atoms with E-state index in [4.69, 9.17) is 0 Å². The Bertz CT molecular complexity index is 768. The third-order valence-electron chi connectivity index (χ3n) is 5.43. The summed E-state index contributed by atoms with van der Waals surface area (Å²) in [6.45, 7) is 4.48. The van der Waals surface area contributed by atoms with E-state index in [9.17, 15) is 9.90 Å². The molecule has 0 spiro atoms. The maximum Gasteiger partial charge on any atom is 0.269 e. The molecule has 4 rings (SSSR count). The summed E-state index contributed by atoms with van der Waals surface area (Å²) in [5.74, 6) is 0. The normalized spacial score (nSPS) is 22.7. The van der Waals surface area contributed by atoms with Crippen molar-refractivity contribution in [2.45, 2.75) is 44.4 Å². The molecule has 26 heavy (non-hydrogen) atoms. The Kier molecular flexibility index (Phi) is 5.38. The van der Waals surface area contributed by atoms with Gasteiger partial charge >= 0.3 is 0 Å². The lowest BCUT2D eigenvalue weighted by Gasteiger charge is -2.33. The highest BCUT2D eigenvalue weighted by Gasteiger charge is 2.24. The zero-order valence-electron chi connectivity index (χ0n) is 15.0. The van der Waals surface area contributed by atoms with Crippen LogP contribution in [0.25, 0.3) is 0 Å². The predicted molar refractivity (Wildman–Crippen MR) is 104 cm³/mol. The van der Waals surface area contributed by atoms with E-state index in [-0.39, 0.29) is 17.7 Å². The van der Waals surface area contributed by atoms with Gasteiger partial charge in [0, 0.05) is 37.1 Å². The molecule has 0 aliphatic carbocycles. The van der Waals surface area contributed by atoms with Gasteiger partial charge < -0.3 is 10.0 Å². The van der Waals surface area contributed by atoms with Gasteiger partial charge in [0.25, 0.3) is 5.56 Å². The highest BCUT2D eigenvalue weighted by atomic mass is 32.1. The number of piperidine rings is 2. The van der Waals surface area contributed by atoms with Crippen molar-refractivity contribution in [1.82, 2.24) is 14.7 Å². The molecule has 1 atom stereocenters. The van der Waals surface area contributed by atoms with Crippen molar-refractivity contribution < 1.29 is 5.11 Å². The lowest BCUT2D eigenvalue weighted by Crippen LogP contribution is -2.41. The molecule has 2 fully saturated rings. The van der Waals surface area contributed by atoms with Crippen LogP contribution >= 0.6 is 11.3 Å². The van der Waals surface area contributed by atoms with Crippen LogP contribution in [0.3, 0.4) is 0 Å². The Balaban J connectivity index is 1.44. The molecule has 7 heteroatoms. The minimum Gasteiger partial charge on any atom is -0.393 e. The molecular weight excluding hydrogens is 348 g/mol. The van der Waals surface area contributed by atoms with Crippen molar-refractivity contribution in [1.29, 1.82) is 0 Å². The smallest absolute Gasteiger partial charge is 0.269 e. The fraction of sp³-hybridized carbons (Fsp3) is 0.579. The number of aliphatic hydroxyl groups is 1. The fourth-order valence-corrected chi connectivity index (χ4v) is 4.72. The van der Waals surface area contributed by atoms with Crippen molar-refractivity contribution in [3.63, 3.8) is 0 Å². The van der Waals surface area contributed by atoms with E-state index in [1.54, 1.807) is 22.1 Å². The number of anilines is 1. The van der Waals surface area contributed by atoms with Crippen molar-refractivity contribution in [3.05, 3.63) is 45.0 Å². The predicted octanol–water partition coefficient (Wildman–Crippen LogP) is 2.10. The van der Waals surface area contributed by atoms with Gasteiger partial charge in [-0.25, -0.2) is 4.68 Å². The summed E-state index contributed by atoms with van der Waals surface area (Å²) in [5, 5.41) is 16.3. The highest BCUT2D eigenvalue weighted by Crippen LogP contribution is 2.23. The molecule has 0 bridgehead atoms. The number of aliphatic hydroxyl groups excluding tert-OH is 1. The summed E-state index contributed by atoms with van der Waals surface area (Å²) >= 11 is 1.79. The van der Waals surface area contributed by atoms with E-state index in [2.05, 4.69) is 32.4 Å². The first-order valence-electron chi connectivity index (χ1n) is 9.45. The first-order valence-corrected chi connectivity index (χ1v) is 10.3. The minimum absolute atomic E-state index is 0.0170. The second-order valence-corrected chi connectivity index (χ2v) is 8.36. The Labute approximate surface area is 157 Å². The molecule has 0 amide bonds. The maximum absolute atomic E-state index is 12.7. The van der Waals surface area contributed by atoms with Crippen LogP contribution < -0.4 is 10.5 Å². The summed E-state index contributed by atoms with van der Waals surface area (Å²) in [7, 11) is 0. The van der Waals surface area contributed by atoms with Crippen LogP contribution in [0.2, 0.25) is 0 Å². The summed E-state index contributed by atoms with van der Waals surface area (Å²) in [6, 6.07) is 6.12. The standard InChI is InChI=1S/C19H26N4O2S/c24-17-5-8-22(9-6-17)16-11-19(25)23(20-12-16)15-3-1-7-21(13-15)14-18-4-2-10-26-18/h2,4,10-12,15,17,24H,1,3,5-9,13-14H2. The Hall–Kier alpha value is -1.70. The maximum atomic E-state index is 12.7. The Morgan fingerprint density at radius 3 is 2.81 bits per heavy atom. The molecule has 2 aromatic heterocycles. The van der Waals surface area contributed by atoms with Crippen molar-refractivity contribution >= 4 is 17.0 Å². The van der Waals surface area contributed by atoms with Crippen LogP contribution in [-0.4, -0.2) is 52.1 Å². The largest absolute Gasteiger partial charge is 0.393 e. The topological polar surface area (TPSA) is 61.6 Å². The average molecular weight is 375 g/mol. The molecule has 2 aromatic rings. The van der Waals surface area contributed by atoms with E-state index in [0.29, 0.717) is 0 Å². The van der Waals surface area contributed by atoms with Gasteiger partial charge in [0.15, 0.2) is 0 Å². The second kappa shape index (κ2) is 7.90. The number of rotatable bonds is 4. The van der Waals surface area contributed by atoms with E-state index < -0.39 is 0 Å². The van der Waals surface area contributed by atoms with Crippen molar-refractivity contribution in [2.24, 2.45) is 0 Å². The highest BCUT2D eigenvalue weighted by molar-refractivity contribution is 7.09. The SMILES string of the molecule is O=c1cc(N2CCC(O)CC2)cnn1C1CCCN(Cc2cccs2)C1. The lowest BCUT2D eigenvalue weighted by atomic mass is 10.1. The van der Waals surface area contributed by atoms with Crippen molar-refractivity contribution in [3.8, 4) is 0 Å². The number of thiophene rings is 1. The van der Waals surface area contributed by atoms with Gasteiger partial charge in [-0.3, -0.25) is 9.69 Å². The van der Waals surface area contributed by atoms with Crippen molar-refractivity contribution in [2.75, 3.05) is 31.1 Å². The molecule has 140 valence electrons. The third kappa shape index (κ3) is 4.00. The zero-order chi connectivity index (χ0) is 17.9. The Morgan fingerprint density at radius 2 is 2.08 bits per heavy atom. The van der Waals surface area contributed by atoms with E-state index in [1.807, 2.05) is 6.20 Å². The molecule has 4 heterocycles. The lowest BCUT2D eigenvalue weighted by molar-refractivity contribution is 0.145. The summed E-state index contributed by atoms with van der Waals surface area (Å²) in [5.41, 5.74) is 0.862.